The number of hydrogen-bond donors (Lipinski definition) is 0. The number of benzene rings is 1. The lowest BCUT2D eigenvalue weighted by Crippen LogP contribution is -1.94. The average Bonchev–Trinajstić information content (AvgIpc) is 3.19. The molecule has 0 amide bonds. The summed E-state index contributed by atoms with van der Waals surface area (Å²) in [6, 6.07) is 11.4. The van der Waals surface area contributed by atoms with Gasteiger partial charge < -0.3 is 9.15 Å². The highest BCUT2D eigenvalue weighted by Crippen LogP contribution is 2.28. The molecule has 4 rings (SSSR count). The van der Waals surface area contributed by atoms with Gasteiger partial charge in [-0.1, -0.05) is 18.2 Å². The molecule has 3 heterocycles. The zero-order chi connectivity index (χ0) is 17.1. The third kappa shape index (κ3) is 2.94. The van der Waals surface area contributed by atoms with E-state index in [1.165, 1.54) is 0 Å². The highest BCUT2D eigenvalue weighted by atomic mass is 16.5. The van der Waals surface area contributed by atoms with E-state index in [-0.39, 0.29) is 0 Å². The van der Waals surface area contributed by atoms with Gasteiger partial charge in [0.05, 0.1) is 31.4 Å². The first-order chi connectivity index (χ1) is 12.3. The lowest BCUT2D eigenvalue weighted by molar-refractivity contribution is 0.414. The van der Waals surface area contributed by atoms with Crippen molar-refractivity contribution in [3.63, 3.8) is 0 Å². The van der Waals surface area contributed by atoms with E-state index in [0.717, 1.165) is 11.1 Å². The van der Waals surface area contributed by atoms with Crippen LogP contribution in [0.3, 0.4) is 0 Å². The smallest absolute Gasteiger partial charge is 0.268 e. The van der Waals surface area contributed by atoms with Crippen LogP contribution in [0, 0.1) is 0 Å². The lowest BCUT2D eigenvalue weighted by atomic mass is 10.2. The summed E-state index contributed by atoms with van der Waals surface area (Å²) in [7, 11) is 1.59. The molecule has 3 aromatic heterocycles. The summed E-state index contributed by atoms with van der Waals surface area (Å²) in [4.78, 5) is 12.8. The number of rotatable bonds is 4. The highest BCUT2D eigenvalue weighted by molar-refractivity contribution is 5.67. The molecule has 7 nitrogen and oxygen atoms in total. The van der Waals surface area contributed by atoms with E-state index in [0.29, 0.717) is 28.9 Å². The van der Waals surface area contributed by atoms with Crippen molar-refractivity contribution in [2.75, 3.05) is 7.11 Å². The maximum atomic E-state index is 5.73. The van der Waals surface area contributed by atoms with Gasteiger partial charge in [-0.25, -0.2) is 4.98 Å². The first-order valence-electron chi connectivity index (χ1n) is 7.55. The summed E-state index contributed by atoms with van der Waals surface area (Å²) in [5.74, 6) is 1.36. The van der Waals surface area contributed by atoms with Crippen LogP contribution in [0.5, 0.6) is 5.75 Å². The number of hydrogen-bond acceptors (Lipinski definition) is 7. The van der Waals surface area contributed by atoms with Gasteiger partial charge in [-0.2, -0.15) is 0 Å². The van der Waals surface area contributed by atoms with Crippen molar-refractivity contribution >= 4 is 0 Å². The Kier molecular flexibility index (Phi) is 3.88. The standard InChI is InChI=1S/C18H13N5O2/c1-24-16-11-19-8-7-13(16)14-9-20-10-15(21-14)18-23-22-17(25-18)12-5-3-2-4-6-12/h2-11H,1H3. The molecule has 0 spiro atoms. The molecule has 0 fully saturated rings. The minimum atomic E-state index is 0.307. The van der Waals surface area contributed by atoms with Crippen LogP contribution in [0.15, 0.2) is 65.6 Å². The largest absolute Gasteiger partial charge is 0.494 e. The molecule has 0 radical (unpaired) electrons. The molecule has 0 aliphatic heterocycles. The van der Waals surface area contributed by atoms with Crippen molar-refractivity contribution in [1.29, 1.82) is 0 Å². The summed E-state index contributed by atoms with van der Waals surface area (Å²) >= 11 is 0. The summed E-state index contributed by atoms with van der Waals surface area (Å²) < 4.78 is 11.1. The van der Waals surface area contributed by atoms with Crippen LogP contribution in [0.4, 0.5) is 0 Å². The molecule has 1 aromatic carbocycles. The molecule has 25 heavy (non-hydrogen) atoms. The first kappa shape index (κ1) is 14.9. The van der Waals surface area contributed by atoms with E-state index in [4.69, 9.17) is 9.15 Å². The van der Waals surface area contributed by atoms with Gasteiger partial charge in [-0.15, -0.1) is 10.2 Å². The van der Waals surface area contributed by atoms with Gasteiger partial charge in [-0.05, 0) is 18.2 Å². The van der Waals surface area contributed by atoms with Gasteiger partial charge >= 0.3 is 0 Å². The summed E-state index contributed by atoms with van der Waals surface area (Å²) in [5, 5.41) is 8.16. The molecule has 0 unspecified atom stereocenters. The predicted molar refractivity (Wildman–Crippen MR) is 90.5 cm³/mol. The van der Waals surface area contributed by atoms with Crippen molar-refractivity contribution in [3.8, 4) is 40.0 Å². The second-order valence-corrected chi connectivity index (χ2v) is 5.14. The molecule has 4 aromatic rings. The Morgan fingerprint density at radius 2 is 1.64 bits per heavy atom. The number of aromatic nitrogens is 5. The Hall–Kier alpha value is -3.61. The number of pyridine rings is 1. The van der Waals surface area contributed by atoms with Crippen LogP contribution in [0.1, 0.15) is 0 Å². The topological polar surface area (TPSA) is 86.8 Å². The minimum absolute atomic E-state index is 0.307. The molecule has 0 saturated heterocycles. The number of nitrogens with zero attached hydrogens (tertiary/aromatic N) is 5. The van der Waals surface area contributed by atoms with E-state index in [1.54, 1.807) is 31.9 Å². The van der Waals surface area contributed by atoms with E-state index in [2.05, 4.69) is 25.1 Å². The minimum Gasteiger partial charge on any atom is -0.494 e. The molecule has 0 aliphatic carbocycles. The van der Waals surface area contributed by atoms with E-state index in [1.807, 2.05) is 36.4 Å². The van der Waals surface area contributed by atoms with Crippen molar-refractivity contribution in [1.82, 2.24) is 25.1 Å². The lowest BCUT2D eigenvalue weighted by Gasteiger charge is -2.06. The van der Waals surface area contributed by atoms with Gasteiger partial charge in [0.15, 0.2) is 0 Å². The molecule has 0 atom stereocenters. The maximum absolute atomic E-state index is 5.73. The summed E-state index contributed by atoms with van der Waals surface area (Å²) in [5.41, 5.74) is 2.76. The van der Waals surface area contributed by atoms with Gasteiger partial charge in [0.2, 0.25) is 5.89 Å². The van der Waals surface area contributed by atoms with Crippen LogP contribution in [0.25, 0.3) is 34.3 Å². The van der Waals surface area contributed by atoms with Gasteiger partial charge in [0, 0.05) is 17.3 Å². The monoisotopic (exact) mass is 331 g/mol. The molecular weight excluding hydrogens is 318 g/mol. The molecule has 0 N–H and O–H groups in total. The van der Waals surface area contributed by atoms with Crippen LogP contribution in [-0.4, -0.2) is 32.3 Å². The third-order valence-corrected chi connectivity index (χ3v) is 3.58. The Labute approximate surface area is 143 Å². The molecule has 0 bridgehead atoms. The average molecular weight is 331 g/mol. The molecular formula is C18H13N5O2. The van der Waals surface area contributed by atoms with Crippen molar-refractivity contribution in [3.05, 3.63) is 61.2 Å². The Morgan fingerprint density at radius 3 is 2.48 bits per heavy atom. The van der Waals surface area contributed by atoms with E-state index in [9.17, 15) is 0 Å². The maximum Gasteiger partial charge on any atom is 0.268 e. The van der Waals surface area contributed by atoms with Crippen LogP contribution in [-0.2, 0) is 0 Å². The fourth-order valence-electron chi connectivity index (χ4n) is 2.38. The Balaban J connectivity index is 1.72. The predicted octanol–water partition coefficient (Wildman–Crippen LogP) is 3.26. The zero-order valence-corrected chi connectivity index (χ0v) is 13.3. The van der Waals surface area contributed by atoms with Crippen molar-refractivity contribution < 1.29 is 9.15 Å². The normalized spacial score (nSPS) is 10.6. The zero-order valence-electron chi connectivity index (χ0n) is 13.3. The number of ether oxygens (including phenoxy) is 1. The fraction of sp³-hybridized carbons (Fsp3) is 0.0556. The fourth-order valence-corrected chi connectivity index (χ4v) is 2.38. The van der Waals surface area contributed by atoms with Gasteiger partial charge in [0.25, 0.3) is 5.89 Å². The first-order valence-corrected chi connectivity index (χ1v) is 7.55. The van der Waals surface area contributed by atoms with Crippen LogP contribution in [0.2, 0.25) is 0 Å². The second-order valence-electron chi connectivity index (χ2n) is 5.14. The molecule has 7 heteroatoms. The van der Waals surface area contributed by atoms with Crippen LogP contribution < -0.4 is 4.74 Å². The quantitative estimate of drug-likeness (QED) is 0.567. The molecule has 0 saturated carbocycles. The Bertz CT molecular complexity index is 1000. The number of methoxy groups -OCH3 is 1. The van der Waals surface area contributed by atoms with Gasteiger partial charge in [0.1, 0.15) is 11.4 Å². The highest BCUT2D eigenvalue weighted by Gasteiger charge is 2.14. The summed E-state index contributed by atoms with van der Waals surface area (Å²) in [6.45, 7) is 0. The van der Waals surface area contributed by atoms with E-state index >= 15 is 0 Å². The molecule has 122 valence electrons. The van der Waals surface area contributed by atoms with Crippen LogP contribution >= 0.6 is 0 Å². The third-order valence-electron chi connectivity index (χ3n) is 3.58. The summed E-state index contributed by atoms with van der Waals surface area (Å²) in [6.07, 6.45) is 6.53. The van der Waals surface area contributed by atoms with Crippen molar-refractivity contribution in [2.45, 2.75) is 0 Å². The second kappa shape index (κ2) is 6.48. The Morgan fingerprint density at radius 1 is 0.840 bits per heavy atom. The van der Waals surface area contributed by atoms with E-state index < -0.39 is 0 Å². The SMILES string of the molecule is COc1cnccc1-c1cncc(-c2nnc(-c3ccccc3)o2)n1. The van der Waals surface area contributed by atoms with Gasteiger partial charge in [-0.3, -0.25) is 9.97 Å². The van der Waals surface area contributed by atoms with Crippen molar-refractivity contribution in [2.24, 2.45) is 0 Å². The molecule has 0 aliphatic rings.